The SMILES string of the molecule is CCCC(CN)(COC)C(C)(C)C. The molecule has 2 N–H and O–H groups in total. The lowest BCUT2D eigenvalue weighted by Crippen LogP contribution is -2.45. The number of hydrogen-bond donors (Lipinski definition) is 1. The maximum absolute atomic E-state index is 5.89. The Morgan fingerprint density at radius 2 is 1.77 bits per heavy atom. The lowest BCUT2D eigenvalue weighted by atomic mass is 9.64. The summed E-state index contributed by atoms with van der Waals surface area (Å²) in [7, 11) is 1.76. The van der Waals surface area contributed by atoms with Crippen LogP contribution < -0.4 is 5.73 Å². The molecule has 13 heavy (non-hydrogen) atoms. The fourth-order valence-corrected chi connectivity index (χ4v) is 1.89. The number of methoxy groups -OCH3 is 1. The van der Waals surface area contributed by atoms with E-state index in [2.05, 4.69) is 27.7 Å². The minimum atomic E-state index is 0.135. The van der Waals surface area contributed by atoms with Crippen molar-refractivity contribution < 1.29 is 4.74 Å². The molecular formula is C11H25NO. The van der Waals surface area contributed by atoms with Crippen LogP contribution in [0.1, 0.15) is 40.5 Å². The quantitative estimate of drug-likeness (QED) is 0.717. The Balaban J connectivity index is 4.64. The van der Waals surface area contributed by atoms with Crippen molar-refractivity contribution in [1.29, 1.82) is 0 Å². The molecular weight excluding hydrogens is 162 g/mol. The average Bonchev–Trinajstić information content (AvgIpc) is 2.02. The van der Waals surface area contributed by atoms with E-state index < -0.39 is 0 Å². The van der Waals surface area contributed by atoms with E-state index in [4.69, 9.17) is 10.5 Å². The van der Waals surface area contributed by atoms with Crippen LogP contribution in [0.15, 0.2) is 0 Å². The maximum Gasteiger partial charge on any atom is 0.0535 e. The predicted molar refractivity (Wildman–Crippen MR) is 57.7 cm³/mol. The third-order valence-corrected chi connectivity index (χ3v) is 3.13. The number of hydrogen-bond acceptors (Lipinski definition) is 2. The molecule has 1 atom stereocenters. The van der Waals surface area contributed by atoms with Gasteiger partial charge < -0.3 is 10.5 Å². The van der Waals surface area contributed by atoms with E-state index in [0.29, 0.717) is 6.54 Å². The topological polar surface area (TPSA) is 35.2 Å². The van der Waals surface area contributed by atoms with Crippen molar-refractivity contribution >= 4 is 0 Å². The zero-order valence-electron chi connectivity index (χ0n) is 9.81. The van der Waals surface area contributed by atoms with Crippen molar-refractivity contribution in [2.45, 2.75) is 40.5 Å². The molecule has 0 fully saturated rings. The summed E-state index contributed by atoms with van der Waals surface area (Å²) in [5.41, 5.74) is 6.24. The van der Waals surface area contributed by atoms with Crippen molar-refractivity contribution in [2.24, 2.45) is 16.6 Å². The Morgan fingerprint density at radius 1 is 1.23 bits per heavy atom. The van der Waals surface area contributed by atoms with E-state index in [-0.39, 0.29) is 10.8 Å². The van der Waals surface area contributed by atoms with Crippen molar-refractivity contribution in [3.63, 3.8) is 0 Å². The van der Waals surface area contributed by atoms with Gasteiger partial charge in [-0.2, -0.15) is 0 Å². The van der Waals surface area contributed by atoms with Gasteiger partial charge in [-0.15, -0.1) is 0 Å². The lowest BCUT2D eigenvalue weighted by Gasteiger charge is -2.43. The lowest BCUT2D eigenvalue weighted by molar-refractivity contribution is -0.00703. The first kappa shape index (κ1) is 12.9. The molecule has 0 radical (unpaired) electrons. The Hall–Kier alpha value is -0.0800. The van der Waals surface area contributed by atoms with Gasteiger partial charge in [0.25, 0.3) is 0 Å². The molecule has 0 rings (SSSR count). The summed E-state index contributed by atoms with van der Waals surface area (Å²) in [6, 6.07) is 0. The van der Waals surface area contributed by atoms with Crippen LogP contribution in [0.5, 0.6) is 0 Å². The van der Waals surface area contributed by atoms with Gasteiger partial charge in [0.05, 0.1) is 6.61 Å². The summed E-state index contributed by atoms with van der Waals surface area (Å²) in [6.45, 7) is 10.4. The monoisotopic (exact) mass is 187 g/mol. The minimum absolute atomic E-state index is 0.135. The van der Waals surface area contributed by atoms with Crippen LogP contribution in [0.4, 0.5) is 0 Å². The van der Waals surface area contributed by atoms with Crippen LogP contribution in [-0.2, 0) is 4.74 Å². The Labute approximate surface area is 82.8 Å². The van der Waals surface area contributed by atoms with Gasteiger partial charge in [0, 0.05) is 19.1 Å². The van der Waals surface area contributed by atoms with E-state index in [1.165, 1.54) is 0 Å². The van der Waals surface area contributed by atoms with Gasteiger partial charge in [0.15, 0.2) is 0 Å². The Kier molecular flexibility index (Phi) is 4.93. The zero-order chi connectivity index (χ0) is 10.5. The molecule has 0 bridgehead atoms. The largest absolute Gasteiger partial charge is 0.384 e. The molecule has 0 aromatic heterocycles. The molecule has 80 valence electrons. The van der Waals surface area contributed by atoms with E-state index in [0.717, 1.165) is 19.4 Å². The molecule has 0 aliphatic rings. The van der Waals surface area contributed by atoms with Gasteiger partial charge in [0.2, 0.25) is 0 Å². The smallest absolute Gasteiger partial charge is 0.0535 e. The van der Waals surface area contributed by atoms with Gasteiger partial charge in [-0.05, 0) is 11.8 Å². The molecule has 1 unspecified atom stereocenters. The van der Waals surface area contributed by atoms with Crippen LogP contribution >= 0.6 is 0 Å². The summed E-state index contributed by atoms with van der Waals surface area (Å²) >= 11 is 0. The number of rotatable bonds is 5. The molecule has 0 saturated carbocycles. The van der Waals surface area contributed by atoms with Crippen LogP contribution in [0, 0.1) is 10.8 Å². The summed E-state index contributed by atoms with van der Waals surface area (Å²) in [5.74, 6) is 0. The molecule has 0 aromatic carbocycles. The first-order valence-electron chi connectivity index (χ1n) is 5.12. The minimum Gasteiger partial charge on any atom is -0.384 e. The van der Waals surface area contributed by atoms with E-state index >= 15 is 0 Å². The highest BCUT2D eigenvalue weighted by Crippen LogP contribution is 2.41. The first-order chi connectivity index (χ1) is 5.93. The number of ether oxygens (including phenoxy) is 1. The van der Waals surface area contributed by atoms with E-state index in [1.807, 2.05) is 0 Å². The Morgan fingerprint density at radius 3 is 2.00 bits per heavy atom. The van der Waals surface area contributed by atoms with Crippen molar-refractivity contribution in [1.82, 2.24) is 0 Å². The van der Waals surface area contributed by atoms with Gasteiger partial charge in [-0.3, -0.25) is 0 Å². The highest BCUT2D eigenvalue weighted by Gasteiger charge is 2.39. The van der Waals surface area contributed by atoms with Gasteiger partial charge >= 0.3 is 0 Å². The van der Waals surface area contributed by atoms with Crippen LogP contribution in [-0.4, -0.2) is 20.3 Å². The average molecular weight is 187 g/mol. The van der Waals surface area contributed by atoms with Crippen LogP contribution in [0.25, 0.3) is 0 Å². The number of nitrogens with two attached hydrogens (primary N) is 1. The first-order valence-corrected chi connectivity index (χ1v) is 5.12. The standard InChI is InChI=1S/C11H25NO/c1-6-7-11(8-12,9-13-5)10(2,3)4/h6-9,12H2,1-5H3. The fourth-order valence-electron chi connectivity index (χ4n) is 1.89. The molecule has 0 spiro atoms. The fraction of sp³-hybridized carbons (Fsp3) is 1.00. The normalized spacial score (nSPS) is 17.1. The summed E-state index contributed by atoms with van der Waals surface area (Å²) in [4.78, 5) is 0. The second-order valence-corrected chi connectivity index (χ2v) is 4.92. The third-order valence-electron chi connectivity index (χ3n) is 3.13. The summed E-state index contributed by atoms with van der Waals surface area (Å²) in [6.07, 6.45) is 2.30. The molecule has 0 aliphatic heterocycles. The predicted octanol–water partition coefficient (Wildman–Crippen LogP) is 2.42. The van der Waals surface area contributed by atoms with Crippen molar-refractivity contribution in [2.75, 3.05) is 20.3 Å². The summed E-state index contributed by atoms with van der Waals surface area (Å²) < 4.78 is 5.30. The highest BCUT2D eigenvalue weighted by molar-refractivity contribution is 4.90. The van der Waals surface area contributed by atoms with Crippen LogP contribution in [0.3, 0.4) is 0 Å². The molecule has 0 saturated heterocycles. The van der Waals surface area contributed by atoms with Gasteiger partial charge in [-0.1, -0.05) is 34.1 Å². The molecule has 0 aliphatic carbocycles. The Bertz CT molecular complexity index is 132. The molecule has 0 amide bonds. The molecule has 0 aromatic rings. The van der Waals surface area contributed by atoms with Crippen LogP contribution in [0.2, 0.25) is 0 Å². The molecule has 2 heteroatoms. The van der Waals surface area contributed by atoms with Crippen molar-refractivity contribution in [3.05, 3.63) is 0 Å². The second kappa shape index (κ2) is 4.97. The maximum atomic E-state index is 5.89. The molecule has 2 nitrogen and oxygen atoms in total. The van der Waals surface area contributed by atoms with E-state index in [9.17, 15) is 0 Å². The van der Waals surface area contributed by atoms with Gasteiger partial charge in [-0.25, -0.2) is 0 Å². The van der Waals surface area contributed by atoms with Gasteiger partial charge in [0.1, 0.15) is 0 Å². The van der Waals surface area contributed by atoms with Crippen molar-refractivity contribution in [3.8, 4) is 0 Å². The molecule has 0 heterocycles. The highest BCUT2D eigenvalue weighted by atomic mass is 16.5. The second-order valence-electron chi connectivity index (χ2n) is 4.92. The summed E-state index contributed by atoms with van der Waals surface area (Å²) in [5, 5.41) is 0. The zero-order valence-corrected chi connectivity index (χ0v) is 9.81. The van der Waals surface area contributed by atoms with E-state index in [1.54, 1.807) is 7.11 Å². The third kappa shape index (κ3) is 2.96.